The number of benzene rings is 1. The van der Waals surface area contributed by atoms with Gasteiger partial charge in [0.2, 0.25) is 0 Å². The van der Waals surface area contributed by atoms with Crippen molar-refractivity contribution in [3.8, 4) is 17.0 Å². The molecule has 2 aromatic rings. The van der Waals surface area contributed by atoms with Crippen LogP contribution in [0.2, 0.25) is 0 Å². The summed E-state index contributed by atoms with van der Waals surface area (Å²) in [5, 5.41) is 0. The second-order valence-corrected chi connectivity index (χ2v) is 3.77. The fraction of sp³-hybridized carbons (Fsp3) is 0.250. The van der Waals surface area contributed by atoms with Crippen LogP contribution in [0, 0.1) is 13.8 Å². The monoisotopic (exact) mass is 217 g/mol. The Hall–Kier alpha value is -1.97. The van der Waals surface area contributed by atoms with Gasteiger partial charge < -0.3 is 15.5 Å². The summed E-state index contributed by atoms with van der Waals surface area (Å²) in [6.07, 6.45) is 0. The van der Waals surface area contributed by atoms with E-state index in [1.807, 2.05) is 32.0 Å². The molecule has 16 heavy (non-hydrogen) atoms. The van der Waals surface area contributed by atoms with Gasteiger partial charge >= 0.3 is 0 Å². The summed E-state index contributed by atoms with van der Waals surface area (Å²) in [6, 6.07) is 5.93. The summed E-state index contributed by atoms with van der Waals surface area (Å²) in [7, 11) is 1.66. The Kier molecular flexibility index (Phi) is 2.56. The van der Waals surface area contributed by atoms with E-state index in [0.717, 1.165) is 28.4 Å². The summed E-state index contributed by atoms with van der Waals surface area (Å²) in [5.41, 5.74) is 8.78. The molecule has 2 rings (SSSR count). The highest BCUT2D eigenvalue weighted by Gasteiger charge is 2.08. The summed E-state index contributed by atoms with van der Waals surface area (Å²) < 4.78 is 5.21. The zero-order valence-corrected chi connectivity index (χ0v) is 9.66. The number of nitrogens with one attached hydrogen (secondary N) is 1. The van der Waals surface area contributed by atoms with Gasteiger partial charge in [0.05, 0.1) is 12.8 Å². The maximum absolute atomic E-state index is 5.82. The molecule has 0 aliphatic rings. The molecule has 0 radical (unpaired) electrons. The molecule has 0 atom stereocenters. The minimum Gasteiger partial charge on any atom is -0.496 e. The number of imidazole rings is 1. The number of H-pyrrole nitrogens is 1. The van der Waals surface area contributed by atoms with E-state index in [2.05, 4.69) is 9.97 Å². The quantitative estimate of drug-likeness (QED) is 0.811. The lowest BCUT2D eigenvalue weighted by atomic mass is 10.1. The average Bonchev–Trinajstić information content (AvgIpc) is 2.58. The number of anilines is 1. The summed E-state index contributed by atoms with van der Waals surface area (Å²) >= 11 is 0. The van der Waals surface area contributed by atoms with Gasteiger partial charge in [-0.2, -0.15) is 0 Å². The van der Waals surface area contributed by atoms with Gasteiger partial charge in [-0.25, -0.2) is 4.98 Å². The molecule has 4 heteroatoms. The van der Waals surface area contributed by atoms with Gasteiger partial charge in [-0.05, 0) is 37.6 Å². The Morgan fingerprint density at radius 2 is 2.06 bits per heavy atom. The Bertz CT molecular complexity index is 517. The lowest BCUT2D eigenvalue weighted by molar-refractivity contribution is 0.412. The van der Waals surface area contributed by atoms with E-state index < -0.39 is 0 Å². The number of nitrogen functional groups attached to an aromatic ring is 1. The Balaban J connectivity index is 2.49. The molecule has 0 bridgehead atoms. The smallest absolute Gasteiger partial charge is 0.149 e. The number of hydrogen-bond acceptors (Lipinski definition) is 3. The van der Waals surface area contributed by atoms with Crippen LogP contribution in [0.4, 0.5) is 5.82 Å². The maximum Gasteiger partial charge on any atom is 0.149 e. The molecule has 0 spiro atoms. The van der Waals surface area contributed by atoms with E-state index in [-0.39, 0.29) is 0 Å². The van der Waals surface area contributed by atoms with Crippen LogP contribution in [0.3, 0.4) is 0 Å². The van der Waals surface area contributed by atoms with Crippen molar-refractivity contribution in [2.24, 2.45) is 0 Å². The first kappa shape index (κ1) is 10.5. The van der Waals surface area contributed by atoms with Gasteiger partial charge in [-0.15, -0.1) is 0 Å². The first-order chi connectivity index (χ1) is 7.61. The van der Waals surface area contributed by atoms with E-state index in [0.29, 0.717) is 5.82 Å². The third kappa shape index (κ3) is 1.74. The first-order valence-corrected chi connectivity index (χ1v) is 5.09. The van der Waals surface area contributed by atoms with Crippen molar-refractivity contribution in [1.29, 1.82) is 0 Å². The molecule has 3 N–H and O–H groups in total. The van der Waals surface area contributed by atoms with Crippen LogP contribution in [0.1, 0.15) is 11.4 Å². The van der Waals surface area contributed by atoms with Crippen molar-refractivity contribution < 1.29 is 4.74 Å². The van der Waals surface area contributed by atoms with Gasteiger partial charge in [0, 0.05) is 5.56 Å². The van der Waals surface area contributed by atoms with Crippen LogP contribution >= 0.6 is 0 Å². The van der Waals surface area contributed by atoms with Crippen LogP contribution < -0.4 is 10.5 Å². The molecule has 4 nitrogen and oxygen atoms in total. The molecule has 0 unspecified atom stereocenters. The van der Waals surface area contributed by atoms with Crippen LogP contribution in [0.25, 0.3) is 11.3 Å². The minimum absolute atomic E-state index is 0.530. The van der Waals surface area contributed by atoms with Gasteiger partial charge in [0.1, 0.15) is 17.4 Å². The zero-order chi connectivity index (χ0) is 11.7. The average molecular weight is 217 g/mol. The number of nitrogens with zero attached hydrogens (tertiary/aromatic N) is 1. The summed E-state index contributed by atoms with van der Waals surface area (Å²) in [4.78, 5) is 7.30. The fourth-order valence-electron chi connectivity index (χ4n) is 1.76. The normalized spacial score (nSPS) is 10.4. The fourth-order valence-corrected chi connectivity index (χ4v) is 1.76. The number of hydrogen-bond donors (Lipinski definition) is 2. The van der Waals surface area contributed by atoms with Crippen molar-refractivity contribution >= 4 is 5.82 Å². The highest BCUT2D eigenvalue weighted by Crippen LogP contribution is 2.28. The van der Waals surface area contributed by atoms with Crippen LogP contribution in [-0.2, 0) is 0 Å². The van der Waals surface area contributed by atoms with Crippen molar-refractivity contribution in [3.05, 3.63) is 29.6 Å². The molecule has 1 aromatic heterocycles. The Morgan fingerprint density at radius 3 is 2.56 bits per heavy atom. The molecule has 1 heterocycles. The van der Waals surface area contributed by atoms with E-state index in [4.69, 9.17) is 10.5 Å². The lowest BCUT2D eigenvalue weighted by Gasteiger charge is -2.06. The SMILES string of the molecule is COc1ccc(-c2[nH]c(C)nc2N)cc1C. The number of methoxy groups -OCH3 is 1. The number of aromatic nitrogens is 2. The molecular formula is C12H15N3O. The predicted molar refractivity (Wildman–Crippen MR) is 64.5 cm³/mol. The second kappa shape index (κ2) is 3.89. The largest absolute Gasteiger partial charge is 0.496 e. The summed E-state index contributed by atoms with van der Waals surface area (Å²) in [5.74, 6) is 2.22. The van der Waals surface area contributed by atoms with Crippen LogP contribution in [0.5, 0.6) is 5.75 Å². The zero-order valence-electron chi connectivity index (χ0n) is 9.66. The van der Waals surface area contributed by atoms with E-state index >= 15 is 0 Å². The van der Waals surface area contributed by atoms with Gasteiger partial charge in [-0.1, -0.05) is 0 Å². The van der Waals surface area contributed by atoms with Crippen molar-refractivity contribution in [2.75, 3.05) is 12.8 Å². The maximum atomic E-state index is 5.82. The topological polar surface area (TPSA) is 63.9 Å². The highest BCUT2D eigenvalue weighted by atomic mass is 16.5. The Morgan fingerprint density at radius 1 is 1.31 bits per heavy atom. The predicted octanol–water partition coefficient (Wildman–Crippen LogP) is 2.28. The number of aryl methyl sites for hydroxylation is 2. The van der Waals surface area contributed by atoms with E-state index in [1.165, 1.54) is 0 Å². The molecule has 0 aliphatic heterocycles. The third-order valence-electron chi connectivity index (χ3n) is 2.53. The standard InChI is InChI=1S/C12H15N3O/c1-7-6-9(4-5-10(7)16-3)11-12(13)15-8(2)14-11/h4-6H,13H2,1-3H3,(H,14,15). The number of rotatable bonds is 2. The number of nitrogens with two attached hydrogens (primary N) is 1. The van der Waals surface area contributed by atoms with Crippen molar-refractivity contribution in [2.45, 2.75) is 13.8 Å². The second-order valence-electron chi connectivity index (χ2n) is 3.77. The van der Waals surface area contributed by atoms with Gasteiger partial charge in [0.25, 0.3) is 0 Å². The molecule has 0 aliphatic carbocycles. The summed E-state index contributed by atoms with van der Waals surface area (Å²) in [6.45, 7) is 3.89. The molecule has 1 aromatic carbocycles. The van der Waals surface area contributed by atoms with E-state index in [1.54, 1.807) is 7.11 Å². The molecular weight excluding hydrogens is 202 g/mol. The number of ether oxygens (including phenoxy) is 1. The minimum atomic E-state index is 0.530. The first-order valence-electron chi connectivity index (χ1n) is 5.09. The van der Waals surface area contributed by atoms with Crippen molar-refractivity contribution in [3.63, 3.8) is 0 Å². The lowest BCUT2D eigenvalue weighted by Crippen LogP contribution is -1.91. The molecule has 0 fully saturated rings. The van der Waals surface area contributed by atoms with Crippen LogP contribution in [-0.4, -0.2) is 17.1 Å². The molecule has 84 valence electrons. The molecule has 0 saturated carbocycles. The van der Waals surface area contributed by atoms with Crippen LogP contribution in [0.15, 0.2) is 18.2 Å². The molecule has 0 saturated heterocycles. The van der Waals surface area contributed by atoms with Gasteiger partial charge in [0.15, 0.2) is 0 Å². The third-order valence-corrected chi connectivity index (χ3v) is 2.53. The van der Waals surface area contributed by atoms with Gasteiger partial charge in [-0.3, -0.25) is 0 Å². The molecule has 0 amide bonds. The number of aromatic amines is 1. The van der Waals surface area contributed by atoms with Crippen molar-refractivity contribution in [1.82, 2.24) is 9.97 Å². The van der Waals surface area contributed by atoms with E-state index in [9.17, 15) is 0 Å². The Labute approximate surface area is 94.5 Å². The highest BCUT2D eigenvalue weighted by molar-refractivity contribution is 5.71.